The Kier molecular flexibility index (Phi) is 3.57. The van der Waals surface area contributed by atoms with Crippen molar-refractivity contribution in [2.75, 3.05) is 24.1 Å². The highest BCUT2D eigenvalue weighted by atomic mass is 79.9. The summed E-state index contributed by atoms with van der Waals surface area (Å²) in [6.07, 6.45) is 2.18. The van der Waals surface area contributed by atoms with Gasteiger partial charge in [-0.25, -0.2) is 4.79 Å². The molecule has 0 spiro atoms. The summed E-state index contributed by atoms with van der Waals surface area (Å²) < 4.78 is 0.858. The molecule has 0 bridgehead atoms. The molecule has 92 valence electrons. The molecule has 0 radical (unpaired) electrons. The van der Waals surface area contributed by atoms with Gasteiger partial charge in [0.2, 0.25) is 0 Å². The van der Waals surface area contributed by atoms with Gasteiger partial charge in [0.05, 0.1) is 5.69 Å². The van der Waals surface area contributed by atoms with E-state index in [9.17, 15) is 4.79 Å². The Morgan fingerprint density at radius 2 is 2.06 bits per heavy atom. The second-order valence-electron chi connectivity index (χ2n) is 4.31. The van der Waals surface area contributed by atoms with E-state index < -0.39 is 0 Å². The molecular formula is C12H16BrN3O. The van der Waals surface area contributed by atoms with Gasteiger partial charge in [0.15, 0.2) is 0 Å². The van der Waals surface area contributed by atoms with E-state index in [1.807, 2.05) is 17.9 Å². The van der Waals surface area contributed by atoms with Gasteiger partial charge in [-0.3, -0.25) is 0 Å². The summed E-state index contributed by atoms with van der Waals surface area (Å²) in [4.78, 5) is 13.7. The Bertz CT molecular complexity index is 442. The number of hydrogen-bond acceptors (Lipinski definition) is 2. The number of rotatable bonds is 1. The number of urea groups is 1. The second kappa shape index (κ2) is 4.96. The molecule has 4 nitrogen and oxygen atoms in total. The van der Waals surface area contributed by atoms with Crippen LogP contribution in [0.2, 0.25) is 0 Å². The molecule has 0 atom stereocenters. The number of amides is 2. The van der Waals surface area contributed by atoms with Gasteiger partial charge in [0.25, 0.3) is 0 Å². The van der Waals surface area contributed by atoms with Crippen LogP contribution in [0, 0.1) is 6.92 Å². The Balaban J connectivity index is 2.12. The Morgan fingerprint density at radius 3 is 2.71 bits per heavy atom. The number of nitrogens with zero attached hydrogens (tertiary/aromatic N) is 1. The van der Waals surface area contributed by atoms with Crippen molar-refractivity contribution >= 4 is 33.3 Å². The largest absolute Gasteiger partial charge is 0.398 e. The summed E-state index contributed by atoms with van der Waals surface area (Å²) in [7, 11) is 0. The van der Waals surface area contributed by atoms with Crippen LogP contribution in [0.1, 0.15) is 18.4 Å². The number of carbonyl (C=O) groups is 1. The fourth-order valence-corrected chi connectivity index (χ4v) is 2.46. The van der Waals surface area contributed by atoms with Gasteiger partial charge in [-0.2, -0.15) is 0 Å². The number of hydrogen-bond donors (Lipinski definition) is 2. The molecule has 1 saturated heterocycles. The Morgan fingerprint density at radius 1 is 1.41 bits per heavy atom. The molecule has 5 heteroatoms. The first-order valence-electron chi connectivity index (χ1n) is 5.69. The fraction of sp³-hybridized carbons (Fsp3) is 0.417. The maximum Gasteiger partial charge on any atom is 0.321 e. The fourth-order valence-electron chi connectivity index (χ4n) is 1.90. The van der Waals surface area contributed by atoms with Gasteiger partial charge >= 0.3 is 6.03 Å². The minimum atomic E-state index is -0.0496. The molecule has 2 rings (SSSR count). The average Bonchev–Trinajstić information content (AvgIpc) is 2.79. The van der Waals surface area contributed by atoms with Crippen LogP contribution in [0.4, 0.5) is 16.2 Å². The number of likely N-dealkylation sites (tertiary alicyclic amines) is 1. The van der Waals surface area contributed by atoms with Crippen molar-refractivity contribution in [1.82, 2.24) is 4.90 Å². The van der Waals surface area contributed by atoms with E-state index in [1.165, 1.54) is 0 Å². The highest BCUT2D eigenvalue weighted by Gasteiger charge is 2.18. The SMILES string of the molecule is Cc1cc(Br)c(NC(=O)N2CCCC2)cc1N. The van der Waals surface area contributed by atoms with Crippen LogP contribution in [0.15, 0.2) is 16.6 Å². The third-order valence-electron chi connectivity index (χ3n) is 2.99. The smallest absolute Gasteiger partial charge is 0.321 e. The zero-order valence-electron chi connectivity index (χ0n) is 9.79. The Labute approximate surface area is 109 Å². The van der Waals surface area contributed by atoms with Crippen molar-refractivity contribution in [3.8, 4) is 0 Å². The summed E-state index contributed by atoms with van der Waals surface area (Å²) in [5, 5.41) is 2.88. The van der Waals surface area contributed by atoms with Crippen LogP contribution in [0.5, 0.6) is 0 Å². The molecule has 3 N–H and O–H groups in total. The molecule has 2 amide bonds. The van der Waals surface area contributed by atoms with Crippen molar-refractivity contribution in [2.24, 2.45) is 0 Å². The second-order valence-corrected chi connectivity index (χ2v) is 5.17. The van der Waals surface area contributed by atoms with Crippen molar-refractivity contribution in [2.45, 2.75) is 19.8 Å². The van der Waals surface area contributed by atoms with E-state index in [0.29, 0.717) is 5.69 Å². The van der Waals surface area contributed by atoms with Crippen LogP contribution < -0.4 is 11.1 Å². The maximum absolute atomic E-state index is 11.9. The number of aryl methyl sites for hydroxylation is 1. The van der Waals surface area contributed by atoms with Gasteiger partial charge < -0.3 is 16.0 Å². The molecule has 0 aliphatic carbocycles. The van der Waals surface area contributed by atoms with Gasteiger partial charge in [0.1, 0.15) is 0 Å². The molecule has 17 heavy (non-hydrogen) atoms. The van der Waals surface area contributed by atoms with Crippen LogP contribution in [0.3, 0.4) is 0 Å². The number of nitrogens with two attached hydrogens (primary N) is 1. The zero-order chi connectivity index (χ0) is 12.4. The zero-order valence-corrected chi connectivity index (χ0v) is 11.4. The molecule has 1 fully saturated rings. The lowest BCUT2D eigenvalue weighted by Crippen LogP contribution is -2.32. The number of nitrogens with one attached hydrogen (secondary N) is 1. The van der Waals surface area contributed by atoms with E-state index in [-0.39, 0.29) is 6.03 Å². The van der Waals surface area contributed by atoms with Crippen LogP contribution in [-0.4, -0.2) is 24.0 Å². The number of benzene rings is 1. The van der Waals surface area contributed by atoms with Crippen LogP contribution >= 0.6 is 15.9 Å². The van der Waals surface area contributed by atoms with E-state index in [0.717, 1.165) is 41.7 Å². The van der Waals surface area contributed by atoms with Gasteiger partial charge in [-0.15, -0.1) is 0 Å². The number of halogens is 1. The van der Waals surface area contributed by atoms with Gasteiger partial charge in [0, 0.05) is 23.2 Å². The van der Waals surface area contributed by atoms with Crippen LogP contribution in [0.25, 0.3) is 0 Å². The van der Waals surface area contributed by atoms with Gasteiger partial charge in [-0.1, -0.05) is 0 Å². The number of nitrogen functional groups attached to an aromatic ring is 1. The lowest BCUT2D eigenvalue weighted by atomic mass is 10.2. The Hall–Kier alpha value is -1.23. The minimum absolute atomic E-state index is 0.0496. The first kappa shape index (κ1) is 12.2. The minimum Gasteiger partial charge on any atom is -0.398 e. The third-order valence-corrected chi connectivity index (χ3v) is 3.65. The summed E-state index contributed by atoms with van der Waals surface area (Å²) in [5.74, 6) is 0. The predicted molar refractivity (Wildman–Crippen MR) is 73.1 cm³/mol. The van der Waals surface area contributed by atoms with Crippen molar-refractivity contribution in [3.63, 3.8) is 0 Å². The summed E-state index contributed by atoms with van der Waals surface area (Å²) >= 11 is 3.43. The van der Waals surface area contributed by atoms with Gasteiger partial charge in [-0.05, 0) is 53.4 Å². The summed E-state index contributed by atoms with van der Waals surface area (Å²) in [6, 6.07) is 3.65. The molecule has 1 heterocycles. The van der Waals surface area contributed by atoms with Crippen LogP contribution in [-0.2, 0) is 0 Å². The molecule has 1 aromatic carbocycles. The maximum atomic E-state index is 11.9. The number of anilines is 2. The predicted octanol–water partition coefficient (Wildman–Crippen LogP) is 2.97. The molecule has 0 saturated carbocycles. The summed E-state index contributed by atoms with van der Waals surface area (Å²) in [5.41, 5.74) is 8.24. The lowest BCUT2D eigenvalue weighted by molar-refractivity contribution is 0.222. The standard InChI is InChI=1S/C12H16BrN3O/c1-8-6-9(13)11(7-10(8)14)15-12(17)16-4-2-3-5-16/h6-7H,2-5,14H2,1H3,(H,15,17). The normalized spacial score (nSPS) is 15.1. The highest BCUT2D eigenvalue weighted by molar-refractivity contribution is 9.10. The lowest BCUT2D eigenvalue weighted by Gasteiger charge is -2.17. The molecule has 0 aromatic heterocycles. The quantitative estimate of drug-likeness (QED) is 0.783. The van der Waals surface area contributed by atoms with Crippen molar-refractivity contribution < 1.29 is 4.79 Å². The van der Waals surface area contributed by atoms with E-state index in [1.54, 1.807) is 6.07 Å². The number of carbonyl (C=O) groups excluding carboxylic acids is 1. The first-order chi connectivity index (χ1) is 8.08. The molecule has 0 unspecified atom stereocenters. The van der Waals surface area contributed by atoms with E-state index >= 15 is 0 Å². The van der Waals surface area contributed by atoms with E-state index in [2.05, 4.69) is 21.2 Å². The van der Waals surface area contributed by atoms with E-state index in [4.69, 9.17) is 5.73 Å². The molecule has 1 aromatic rings. The monoisotopic (exact) mass is 297 g/mol. The topological polar surface area (TPSA) is 58.4 Å². The summed E-state index contributed by atoms with van der Waals surface area (Å²) in [6.45, 7) is 3.61. The highest BCUT2D eigenvalue weighted by Crippen LogP contribution is 2.28. The molecule has 1 aliphatic heterocycles. The van der Waals surface area contributed by atoms with Crippen molar-refractivity contribution in [3.05, 3.63) is 22.2 Å². The first-order valence-corrected chi connectivity index (χ1v) is 6.49. The third kappa shape index (κ3) is 2.72. The molecule has 1 aliphatic rings. The average molecular weight is 298 g/mol. The van der Waals surface area contributed by atoms with Crippen molar-refractivity contribution in [1.29, 1.82) is 0 Å². The molecular weight excluding hydrogens is 282 g/mol.